The Hall–Kier alpha value is -1.06. The predicted octanol–water partition coefficient (Wildman–Crippen LogP) is 7.04. The Balaban J connectivity index is 3.77. The molecule has 0 amide bonds. The molecule has 0 aliphatic rings. The van der Waals surface area contributed by atoms with Gasteiger partial charge in [0.1, 0.15) is 6.10 Å². The summed E-state index contributed by atoms with van der Waals surface area (Å²) in [5, 5.41) is 9.03. The van der Waals surface area contributed by atoms with E-state index in [0.717, 1.165) is 25.7 Å². The molecule has 0 aliphatic heterocycles. The van der Waals surface area contributed by atoms with Crippen molar-refractivity contribution in [3.63, 3.8) is 0 Å². The van der Waals surface area contributed by atoms with E-state index in [9.17, 15) is 9.59 Å². The lowest BCUT2D eigenvalue weighted by Crippen LogP contribution is -2.21. The number of ether oxygens (including phenoxy) is 1. The quantitative estimate of drug-likeness (QED) is 0.180. The second kappa shape index (κ2) is 19.7. The molecule has 0 fully saturated rings. The smallest absolute Gasteiger partial charge is 0.307 e. The molecule has 0 aromatic rings. The number of carboxylic acid groups (broad SMARTS) is 1. The van der Waals surface area contributed by atoms with Crippen LogP contribution in [-0.4, -0.2) is 23.1 Å². The second-order valence-electron chi connectivity index (χ2n) is 7.84. The molecule has 1 atom stereocenters. The standard InChI is InChI=1S/C23H44O4/c1-3-5-7-9-11-12-13-15-17-19-23(26)27-21(20-22(24)25)18-16-14-10-8-6-4-2/h21H,3-20H2,1-2H3,(H,24,25). The molecule has 0 saturated heterocycles. The number of carboxylic acids is 1. The first-order valence-electron chi connectivity index (χ1n) is 11.5. The Morgan fingerprint density at radius 3 is 1.63 bits per heavy atom. The van der Waals surface area contributed by atoms with Crippen molar-refractivity contribution in [3.8, 4) is 0 Å². The van der Waals surface area contributed by atoms with Gasteiger partial charge in [-0.25, -0.2) is 0 Å². The van der Waals surface area contributed by atoms with E-state index >= 15 is 0 Å². The van der Waals surface area contributed by atoms with Crippen molar-refractivity contribution < 1.29 is 19.4 Å². The number of rotatable bonds is 20. The highest BCUT2D eigenvalue weighted by molar-refractivity contribution is 5.71. The third-order valence-corrected chi connectivity index (χ3v) is 5.06. The summed E-state index contributed by atoms with van der Waals surface area (Å²) in [4.78, 5) is 23.0. The molecule has 0 aromatic carbocycles. The van der Waals surface area contributed by atoms with Gasteiger partial charge in [0.2, 0.25) is 0 Å². The van der Waals surface area contributed by atoms with Gasteiger partial charge in [-0.15, -0.1) is 0 Å². The maximum absolute atomic E-state index is 12.0. The van der Waals surface area contributed by atoms with E-state index in [1.165, 1.54) is 70.6 Å². The van der Waals surface area contributed by atoms with Crippen LogP contribution < -0.4 is 0 Å². The number of unbranched alkanes of at least 4 members (excludes halogenated alkanes) is 13. The monoisotopic (exact) mass is 384 g/mol. The summed E-state index contributed by atoms with van der Waals surface area (Å²) in [6.45, 7) is 4.42. The predicted molar refractivity (Wildman–Crippen MR) is 112 cm³/mol. The minimum absolute atomic E-state index is 0.0710. The first-order chi connectivity index (χ1) is 13.1. The summed E-state index contributed by atoms with van der Waals surface area (Å²) < 4.78 is 5.44. The van der Waals surface area contributed by atoms with E-state index in [0.29, 0.717) is 12.8 Å². The molecule has 1 N–H and O–H groups in total. The van der Waals surface area contributed by atoms with Crippen LogP contribution in [0.2, 0.25) is 0 Å². The van der Waals surface area contributed by atoms with Crippen LogP contribution in [0.15, 0.2) is 0 Å². The summed E-state index contributed by atoms with van der Waals surface area (Å²) in [6, 6.07) is 0. The van der Waals surface area contributed by atoms with Crippen LogP contribution in [0.1, 0.15) is 129 Å². The van der Waals surface area contributed by atoms with Crippen LogP contribution in [0.25, 0.3) is 0 Å². The van der Waals surface area contributed by atoms with Gasteiger partial charge in [-0.3, -0.25) is 9.59 Å². The lowest BCUT2D eigenvalue weighted by molar-refractivity contribution is -0.153. The molecule has 0 radical (unpaired) electrons. The Bertz CT molecular complexity index is 354. The van der Waals surface area contributed by atoms with Gasteiger partial charge in [-0.2, -0.15) is 0 Å². The molecule has 160 valence electrons. The molecule has 0 heterocycles. The van der Waals surface area contributed by atoms with Crippen LogP contribution in [0.3, 0.4) is 0 Å². The van der Waals surface area contributed by atoms with Gasteiger partial charge in [-0.05, 0) is 19.3 Å². The zero-order valence-electron chi connectivity index (χ0n) is 18.0. The number of hydrogen-bond donors (Lipinski definition) is 1. The van der Waals surface area contributed by atoms with E-state index < -0.39 is 12.1 Å². The van der Waals surface area contributed by atoms with E-state index in [2.05, 4.69) is 13.8 Å². The highest BCUT2D eigenvalue weighted by Crippen LogP contribution is 2.15. The first kappa shape index (κ1) is 25.9. The van der Waals surface area contributed by atoms with Gasteiger partial charge in [-0.1, -0.05) is 97.3 Å². The van der Waals surface area contributed by atoms with Gasteiger partial charge >= 0.3 is 11.9 Å². The number of esters is 1. The Morgan fingerprint density at radius 2 is 1.15 bits per heavy atom. The lowest BCUT2D eigenvalue weighted by Gasteiger charge is -2.16. The number of carbonyl (C=O) groups excluding carboxylic acids is 1. The van der Waals surface area contributed by atoms with Crippen molar-refractivity contribution in [1.82, 2.24) is 0 Å². The third-order valence-electron chi connectivity index (χ3n) is 5.06. The molecule has 4 nitrogen and oxygen atoms in total. The van der Waals surface area contributed by atoms with E-state index in [-0.39, 0.29) is 12.4 Å². The van der Waals surface area contributed by atoms with Gasteiger partial charge < -0.3 is 9.84 Å². The van der Waals surface area contributed by atoms with Crippen molar-refractivity contribution >= 4 is 11.9 Å². The summed E-state index contributed by atoms with van der Waals surface area (Å²) in [7, 11) is 0. The van der Waals surface area contributed by atoms with E-state index in [1.54, 1.807) is 0 Å². The Kier molecular flexibility index (Phi) is 18.9. The summed E-state index contributed by atoms with van der Waals surface area (Å²) in [5.41, 5.74) is 0. The number of carbonyl (C=O) groups is 2. The van der Waals surface area contributed by atoms with E-state index in [1.807, 2.05) is 0 Å². The zero-order chi connectivity index (χ0) is 20.2. The van der Waals surface area contributed by atoms with Gasteiger partial charge in [0, 0.05) is 6.42 Å². The second-order valence-corrected chi connectivity index (χ2v) is 7.84. The third kappa shape index (κ3) is 19.5. The summed E-state index contributed by atoms with van der Waals surface area (Å²) in [6.07, 6.45) is 18.4. The van der Waals surface area contributed by atoms with Crippen molar-refractivity contribution in [2.45, 2.75) is 136 Å². The average Bonchev–Trinajstić information content (AvgIpc) is 2.62. The SMILES string of the molecule is CCCCCCCCCCCC(=O)OC(CCCCCCCC)CC(=O)O. The number of aliphatic carboxylic acids is 1. The van der Waals surface area contributed by atoms with Crippen molar-refractivity contribution in [3.05, 3.63) is 0 Å². The molecular weight excluding hydrogens is 340 g/mol. The zero-order valence-corrected chi connectivity index (χ0v) is 18.0. The van der Waals surface area contributed by atoms with Gasteiger partial charge in [0.05, 0.1) is 6.42 Å². The maximum Gasteiger partial charge on any atom is 0.307 e. The van der Waals surface area contributed by atoms with Gasteiger partial charge in [0.25, 0.3) is 0 Å². The topological polar surface area (TPSA) is 63.6 Å². The summed E-state index contributed by atoms with van der Waals surface area (Å²) in [5.74, 6) is -1.11. The molecule has 0 aromatic heterocycles. The molecule has 1 unspecified atom stereocenters. The van der Waals surface area contributed by atoms with E-state index in [4.69, 9.17) is 9.84 Å². The molecule has 4 heteroatoms. The molecule has 0 saturated carbocycles. The molecule has 0 rings (SSSR count). The first-order valence-corrected chi connectivity index (χ1v) is 11.5. The highest BCUT2D eigenvalue weighted by Gasteiger charge is 2.17. The summed E-state index contributed by atoms with van der Waals surface area (Å²) >= 11 is 0. The lowest BCUT2D eigenvalue weighted by atomic mass is 10.0. The highest BCUT2D eigenvalue weighted by atomic mass is 16.5. The molecule has 27 heavy (non-hydrogen) atoms. The Labute approximate surface area is 167 Å². The Morgan fingerprint density at radius 1 is 0.704 bits per heavy atom. The van der Waals surface area contributed by atoms with Crippen LogP contribution >= 0.6 is 0 Å². The number of hydrogen-bond acceptors (Lipinski definition) is 3. The van der Waals surface area contributed by atoms with Crippen molar-refractivity contribution in [2.24, 2.45) is 0 Å². The molecule has 0 spiro atoms. The van der Waals surface area contributed by atoms with Crippen LogP contribution in [0, 0.1) is 0 Å². The molecule has 0 bridgehead atoms. The molecule has 0 aliphatic carbocycles. The normalized spacial score (nSPS) is 12.1. The minimum atomic E-state index is -0.887. The largest absolute Gasteiger partial charge is 0.481 e. The fourth-order valence-corrected chi connectivity index (χ4v) is 3.37. The maximum atomic E-state index is 12.0. The fraction of sp³-hybridized carbons (Fsp3) is 0.913. The van der Waals surface area contributed by atoms with Crippen molar-refractivity contribution in [2.75, 3.05) is 0 Å². The van der Waals surface area contributed by atoms with Crippen LogP contribution in [0.5, 0.6) is 0 Å². The van der Waals surface area contributed by atoms with Crippen molar-refractivity contribution in [1.29, 1.82) is 0 Å². The molecular formula is C23H44O4. The minimum Gasteiger partial charge on any atom is -0.481 e. The fourth-order valence-electron chi connectivity index (χ4n) is 3.37. The van der Waals surface area contributed by atoms with Gasteiger partial charge in [0.15, 0.2) is 0 Å². The average molecular weight is 385 g/mol. The van der Waals surface area contributed by atoms with Crippen LogP contribution in [0.4, 0.5) is 0 Å². The van der Waals surface area contributed by atoms with Crippen LogP contribution in [-0.2, 0) is 14.3 Å².